The number of rotatable bonds is 5. The van der Waals surface area contributed by atoms with Crippen molar-refractivity contribution in [3.63, 3.8) is 0 Å². The highest BCUT2D eigenvalue weighted by atomic mass is 32.1. The van der Waals surface area contributed by atoms with Crippen molar-refractivity contribution in [3.05, 3.63) is 59.0 Å². The summed E-state index contributed by atoms with van der Waals surface area (Å²) in [5.74, 6) is 0.232. The number of benzene rings is 2. The fourth-order valence-electron chi connectivity index (χ4n) is 2.94. The van der Waals surface area contributed by atoms with Gasteiger partial charge in [0.2, 0.25) is 5.91 Å². The zero-order valence-corrected chi connectivity index (χ0v) is 16.1. The van der Waals surface area contributed by atoms with Crippen LogP contribution in [-0.4, -0.2) is 23.4 Å². The maximum absolute atomic E-state index is 12.1. The van der Waals surface area contributed by atoms with Gasteiger partial charge in [0.25, 0.3) is 5.91 Å². The first-order chi connectivity index (χ1) is 14.1. The molecule has 7 nitrogen and oxygen atoms in total. The van der Waals surface area contributed by atoms with Gasteiger partial charge in [-0.2, -0.15) is 5.26 Å². The first kappa shape index (κ1) is 18.7. The Hall–Kier alpha value is -3.70. The van der Waals surface area contributed by atoms with Crippen LogP contribution < -0.4 is 15.4 Å². The SMILES string of the molecule is N#Cc1ccc(OCC(=O)Nc2nc(-c3ccc4c(c3)CCC(=O)N4)cs2)cc1. The van der Waals surface area contributed by atoms with Crippen molar-refractivity contribution in [3.8, 4) is 23.1 Å². The maximum Gasteiger partial charge on any atom is 0.264 e. The fraction of sp³-hybridized carbons (Fsp3) is 0.143. The number of thiazole rings is 1. The summed E-state index contributed by atoms with van der Waals surface area (Å²) in [6.45, 7) is -0.153. The van der Waals surface area contributed by atoms with E-state index >= 15 is 0 Å². The molecule has 0 aliphatic carbocycles. The van der Waals surface area contributed by atoms with Gasteiger partial charge in [0.1, 0.15) is 5.75 Å². The lowest BCUT2D eigenvalue weighted by molar-refractivity contribution is -0.118. The Bertz CT molecular complexity index is 1120. The average molecular weight is 404 g/mol. The largest absolute Gasteiger partial charge is 0.484 e. The molecule has 2 heterocycles. The highest BCUT2D eigenvalue weighted by Crippen LogP contribution is 2.30. The zero-order valence-electron chi connectivity index (χ0n) is 15.3. The Morgan fingerprint density at radius 3 is 2.86 bits per heavy atom. The van der Waals surface area contributed by atoms with Crippen molar-refractivity contribution in [1.29, 1.82) is 5.26 Å². The number of anilines is 2. The van der Waals surface area contributed by atoms with Crippen molar-refractivity contribution < 1.29 is 14.3 Å². The van der Waals surface area contributed by atoms with E-state index in [2.05, 4.69) is 15.6 Å². The standard InChI is InChI=1S/C21H16N4O3S/c22-10-13-1-5-16(6-2-13)28-11-20(27)25-21-24-18(12-29-21)15-3-7-17-14(9-15)4-8-19(26)23-17/h1-3,5-7,9,12H,4,8,11H2,(H,23,26)(H,24,25,27). The summed E-state index contributed by atoms with van der Waals surface area (Å²) >= 11 is 1.33. The smallest absolute Gasteiger partial charge is 0.264 e. The summed E-state index contributed by atoms with van der Waals surface area (Å²) in [7, 11) is 0. The van der Waals surface area contributed by atoms with Crippen LogP contribution in [0.15, 0.2) is 47.8 Å². The van der Waals surface area contributed by atoms with E-state index in [-0.39, 0.29) is 18.4 Å². The second kappa shape index (κ2) is 8.12. The molecule has 4 rings (SSSR count). The van der Waals surface area contributed by atoms with E-state index in [0.29, 0.717) is 29.3 Å². The summed E-state index contributed by atoms with van der Waals surface area (Å²) in [6.07, 6.45) is 1.18. The molecule has 2 N–H and O–H groups in total. The van der Waals surface area contributed by atoms with Gasteiger partial charge >= 0.3 is 0 Å². The third kappa shape index (κ3) is 4.42. The zero-order chi connectivity index (χ0) is 20.2. The second-order valence-corrected chi connectivity index (χ2v) is 7.29. The Morgan fingerprint density at radius 2 is 2.07 bits per heavy atom. The quantitative estimate of drug-likeness (QED) is 0.676. The molecule has 0 saturated heterocycles. The number of fused-ring (bicyclic) bond motifs is 1. The number of nitriles is 1. The monoisotopic (exact) mass is 404 g/mol. The molecule has 0 bridgehead atoms. The summed E-state index contributed by atoms with van der Waals surface area (Å²) in [4.78, 5) is 28.1. The van der Waals surface area contributed by atoms with Gasteiger partial charge in [-0.1, -0.05) is 6.07 Å². The average Bonchev–Trinajstić information content (AvgIpc) is 3.20. The van der Waals surface area contributed by atoms with Crippen molar-refractivity contribution in [2.75, 3.05) is 17.2 Å². The summed E-state index contributed by atoms with van der Waals surface area (Å²) in [5.41, 5.74) is 4.15. The number of aromatic nitrogens is 1. The molecule has 0 unspecified atom stereocenters. The van der Waals surface area contributed by atoms with E-state index < -0.39 is 0 Å². The first-order valence-electron chi connectivity index (χ1n) is 8.92. The number of nitrogens with one attached hydrogen (secondary N) is 2. The topological polar surface area (TPSA) is 104 Å². The number of nitrogens with zero attached hydrogens (tertiary/aromatic N) is 2. The van der Waals surface area contributed by atoms with Gasteiger partial charge in [0, 0.05) is 23.1 Å². The number of hydrogen-bond donors (Lipinski definition) is 2. The van der Waals surface area contributed by atoms with Gasteiger partial charge in [0.15, 0.2) is 11.7 Å². The van der Waals surface area contributed by atoms with E-state index in [1.54, 1.807) is 24.3 Å². The fourth-order valence-corrected chi connectivity index (χ4v) is 3.67. The van der Waals surface area contributed by atoms with Crippen LogP contribution in [0.3, 0.4) is 0 Å². The normalized spacial score (nSPS) is 12.4. The lowest BCUT2D eigenvalue weighted by atomic mass is 9.99. The van der Waals surface area contributed by atoms with Crippen LogP contribution in [0.4, 0.5) is 10.8 Å². The molecule has 1 aliphatic heterocycles. The minimum Gasteiger partial charge on any atom is -0.484 e. The first-order valence-corrected chi connectivity index (χ1v) is 9.80. The number of ether oxygens (including phenoxy) is 1. The Kier molecular flexibility index (Phi) is 5.22. The minimum absolute atomic E-state index is 0.0344. The third-order valence-corrected chi connectivity index (χ3v) is 5.16. The molecular formula is C21H16N4O3S. The maximum atomic E-state index is 12.1. The van der Waals surface area contributed by atoms with Crippen LogP contribution >= 0.6 is 11.3 Å². The number of amides is 2. The lowest BCUT2D eigenvalue weighted by Gasteiger charge is -2.17. The van der Waals surface area contributed by atoms with Crippen molar-refractivity contribution >= 4 is 34.0 Å². The van der Waals surface area contributed by atoms with Gasteiger partial charge in [-0.25, -0.2) is 4.98 Å². The van der Waals surface area contributed by atoms with Crippen LogP contribution in [0.5, 0.6) is 5.75 Å². The number of hydrogen-bond acceptors (Lipinski definition) is 6. The molecule has 2 amide bonds. The van der Waals surface area contributed by atoms with Crippen molar-refractivity contribution in [2.45, 2.75) is 12.8 Å². The molecule has 8 heteroatoms. The second-order valence-electron chi connectivity index (χ2n) is 6.43. The molecule has 0 atom stereocenters. The summed E-state index contributed by atoms with van der Waals surface area (Å²) < 4.78 is 5.42. The van der Waals surface area contributed by atoms with E-state index in [0.717, 1.165) is 22.5 Å². The highest BCUT2D eigenvalue weighted by Gasteiger charge is 2.16. The molecule has 0 spiro atoms. The van der Waals surface area contributed by atoms with Crippen LogP contribution in [-0.2, 0) is 16.0 Å². The minimum atomic E-state index is -0.316. The van der Waals surface area contributed by atoms with Crippen LogP contribution in [0.25, 0.3) is 11.3 Å². The van der Waals surface area contributed by atoms with E-state index in [1.807, 2.05) is 29.6 Å². The summed E-state index contributed by atoms with van der Waals surface area (Å²) in [6, 6.07) is 14.4. The Morgan fingerprint density at radius 1 is 1.24 bits per heavy atom. The van der Waals surface area contributed by atoms with Crippen LogP contribution in [0.2, 0.25) is 0 Å². The molecule has 0 fully saturated rings. The molecule has 0 radical (unpaired) electrons. The van der Waals surface area contributed by atoms with E-state index in [1.165, 1.54) is 11.3 Å². The van der Waals surface area contributed by atoms with Gasteiger partial charge in [-0.05, 0) is 48.4 Å². The van der Waals surface area contributed by atoms with Crippen LogP contribution in [0, 0.1) is 11.3 Å². The van der Waals surface area contributed by atoms with Gasteiger partial charge in [-0.15, -0.1) is 11.3 Å². The predicted octanol–water partition coefficient (Wildman–Crippen LogP) is 3.58. The Balaban J connectivity index is 1.37. The molecule has 29 heavy (non-hydrogen) atoms. The predicted molar refractivity (Wildman–Crippen MR) is 110 cm³/mol. The molecule has 2 aromatic carbocycles. The lowest BCUT2D eigenvalue weighted by Crippen LogP contribution is -2.20. The molecule has 1 aliphatic rings. The molecule has 144 valence electrons. The van der Waals surface area contributed by atoms with Crippen molar-refractivity contribution in [1.82, 2.24) is 4.98 Å². The van der Waals surface area contributed by atoms with E-state index in [9.17, 15) is 9.59 Å². The van der Waals surface area contributed by atoms with Crippen LogP contribution in [0.1, 0.15) is 17.5 Å². The number of carbonyl (C=O) groups is 2. The van der Waals surface area contributed by atoms with Crippen molar-refractivity contribution in [2.24, 2.45) is 0 Å². The van der Waals surface area contributed by atoms with Gasteiger partial charge in [-0.3, -0.25) is 14.9 Å². The summed E-state index contributed by atoms with van der Waals surface area (Å²) in [5, 5.41) is 16.7. The molecule has 3 aromatic rings. The van der Waals surface area contributed by atoms with E-state index in [4.69, 9.17) is 10.00 Å². The number of aryl methyl sites for hydroxylation is 1. The third-order valence-electron chi connectivity index (χ3n) is 4.40. The number of carbonyl (C=O) groups excluding carboxylic acids is 2. The molecular weight excluding hydrogens is 388 g/mol. The van der Waals surface area contributed by atoms with Gasteiger partial charge in [0.05, 0.1) is 17.3 Å². The van der Waals surface area contributed by atoms with Gasteiger partial charge < -0.3 is 10.1 Å². The molecule has 1 aromatic heterocycles. The molecule has 0 saturated carbocycles. The highest BCUT2D eigenvalue weighted by molar-refractivity contribution is 7.14. The Labute approximate surface area is 171 Å².